The molecule has 2 aliphatic rings. The molecule has 2 aliphatic carbocycles. The molecule has 0 amide bonds. The third kappa shape index (κ3) is 4.58. The van der Waals surface area contributed by atoms with Crippen molar-refractivity contribution in [1.29, 1.82) is 0 Å². The molecule has 0 atom stereocenters. The van der Waals surface area contributed by atoms with Gasteiger partial charge in [-0.3, -0.25) is 0 Å². The number of nitrogens with zero attached hydrogens (tertiary/aromatic N) is 1. The molecular weight excluding hydrogens is 723 g/mol. The van der Waals surface area contributed by atoms with E-state index in [1.807, 2.05) is 0 Å². The lowest BCUT2D eigenvalue weighted by atomic mass is 9.70. The van der Waals surface area contributed by atoms with Crippen LogP contribution in [0.1, 0.15) is 22.3 Å². The van der Waals surface area contributed by atoms with Crippen molar-refractivity contribution in [2.24, 2.45) is 0 Å². The van der Waals surface area contributed by atoms with Gasteiger partial charge in [-0.05, 0) is 141 Å². The summed E-state index contributed by atoms with van der Waals surface area (Å²) in [7, 11) is 0. The van der Waals surface area contributed by atoms with Crippen LogP contribution in [0.3, 0.4) is 0 Å². The van der Waals surface area contributed by atoms with E-state index >= 15 is 0 Å². The third-order valence-electron chi connectivity index (χ3n) is 13.4. The lowest BCUT2D eigenvalue weighted by molar-refractivity contribution is 0.793. The molecule has 13 rings (SSSR count). The Hall–Kier alpha value is -7.74. The summed E-state index contributed by atoms with van der Waals surface area (Å²) >= 11 is 0. The number of hydrogen-bond donors (Lipinski definition) is 0. The highest BCUT2D eigenvalue weighted by Crippen LogP contribution is 2.63. The van der Waals surface area contributed by atoms with Gasteiger partial charge in [-0.25, -0.2) is 0 Å². The molecule has 0 saturated carbocycles. The van der Waals surface area contributed by atoms with Crippen molar-refractivity contribution < 1.29 is 0 Å². The van der Waals surface area contributed by atoms with Crippen LogP contribution in [0, 0.1) is 0 Å². The first-order chi connectivity index (χ1) is 29.8. The minimum atomic E-state index is -0.431. The predicted molar refractivity (Wildman–Crippen MR) is 253 cm³/mol. The summed E-state index contributed by atoms with van der Waals surface area (Å²) in [5.41, 5.74) is 16.0. The van der Waals surface area contributed by atoms with E-state index in [2.05, 4.69) is 229 Å². The lowest BCUT2D eigenvalue weighted by Crippen LogP contribution is -2.26. The summed E-state index contributed by atoms with van der Waals surface area (Å²) < 4.78 is 0. The average Bonchev–Trinajstić information content (AvgIpc) is 3.79. The standard InChI is InChI=1S/C59H37N/c1-2-14-40-35-41(26-25-38(40)13-1)39-27-29-42(30-28-39)60(43-31-33-49-47-17-4-3-15-45(47)46-16-5-6-18-48(46)54(49)36-43)44-32-34-53-52-21-9-12-24-57(52)59(58(53)37-44)55-22-10-7-19-50(55)51-20-8-11-23-56(51)59/h1-37H. The first kappa shape index (κ1) is 33.3. The van der Waals surface area contributed by atoms with Crippen molar-refractivity contribution in [3.05, 3.63) is 247 Å². The van der Waals surface area contributed by atoms with Crippen molar-refractivity contribution in [3.8, 4) is 33.4 Å². The fourth-order valence-corrected chi connectivity index (χ4v) is 10.9. The molecule has 0 heterocycles. The van der Waals surface area contributed by atoms with Crippen molar-refractivity contribution in [3.63, 3.8) is 0 Å². The summed E-state index contributed by atoms with van der Waals surface area (Å²) in [6.45, 7) is 0. The van der Waals surface area contributed by atoms with Gasteiger partial charge in [0.2, 0.25) is 0 Å². The molecule has 0 aliphatic heterocycles. The molecule has 0 unspecified atom stereocenters. The van der Waals surface area contributed by atoms with E-state index in [-0.39, 0.29) is 0 Å². The van der Waals surface area contributed by atoms with E-state index in [1.165, 1.54) is 98.7 Å². The van der Waals surface area contributed by atoms with E-state index in [0.717, 1.165) is 17.1 Å². The summed E-state index contributed by atoms with van der Waals surface area (Å²) in [5.74, 6) is 0. The third-order valence-corrected chi connectivity index (χ3v) is 13.4. The molecule has 278 valence electrons. The lowest BCUT2D eigenvalue weighted by Gasteiger charge is -2.32. The second-order valence-corrected chi connectivity index (χ2v) is 16.4. The van der Waals surface area contributed by atoms with Gasteiger partial charge in [0, 0.05) is 17.1 Å². The normalized spacial score (nSPS) is 13.1. The van der Waals surface area contributed by atoms with Gasteiger partial charge in [-0.2, -0.15) is 0 Å². The van der Waals surface area contributed by atoms with E-state index < -0.39 is 5.41 Å². The topological polar surface area (TPSA) is 3.24 Å². The van der Waals surface area contributed by atoms with Crippen LogP contribution in [0.15, 0.2) is 224 Å². The Labute approximate surface area is 349 Å². The Balaban J connectivity index is 1.06. The quantitative estimate of drug-likeness (QED) is 0.162. The van der Waals surface area contributed by atoms with Gasteiger partial charge in [0.25, 0.3) is 0 Å². The van der Waals surface area contributed by atoms with E-state index in [9.17, 15) is 0 Å². The molecule has 0 aromatic heterocycles. The zero-order valence-electron chi connectivity index (χ0n) is 32.8. The Morgan fingerprint density at radius 2 is 0.683 bits per heavy atom. The number of benzene rings is 11. The molecule has 0 bridgehead atoms. The van der Waals surface area contributed by atoms with Gasteiger partial charge in [-0.1, -0.05) is 182 Å². The Bertz CT molecular complexity index is 3460. The van der Waals surface area contributed by atoms with Crippen LogP contribution >= 0.6 is 0 Å². The van der Waals surface area contributed by atoms with Crippen LogP contribution in [0.2, 0.25) is 0 Å². The zero-order valence-corrected chi connectivity index (χ0v) is 32.8. The molecule has 60 heavy (non-hydrogen) atoms. The maximum atomic E-state index is 2.49. The molecule has 1 nitrogen and oxygen atoms in total. The van der Waals surface area contributed by atoms with Gasteiger partial charge >= 0.3 is 0 Å². The number of rotatable bonds is 4. The smallest absolute Gasteiger partial charge is 0.0726 e. The Kier molecular flexibility index (Phi) is 7.00. The Morgan fingerprint density at radius 3 is 1.30 bits per heavy atom. The van der Waals surface area contributed by atoms with Crippen LogP contribution in [-0.2, 0) is 5.41 Å². The maximum absolute atomic E-state index is 2.49. The molecular formula is C59H37N. The van der Waals surface area contributed by atoms with Gasteiger partial charge in [0.1, 0.15) is 0 Å². The number of anilines is 3. The first-order valence-corrected chi connectivity index (χ1v) is 20.9. The highest BCUT2D eigenvalue weighted by Gasteiger charge is 2.51. The Morgan fingerprint density at radius 1 is 0.250 bits per heavy atom. The number of fused-ring (bicyclic) bond motifs is 17. The maximum Gasteiger partial charge on any atom is 0.0726 e. The van der Waals surface area contributed by atoms with Crippen molar-refractivity contribution in [2.45, 2.75) is 5.41 Å². The highest BCUT2D eigenvalue weighted by molar-refractivity contribution is 6.25. The largest absolute Gasteiger partial charge is 0.310 e. The number of hydrogen-bond acceptors (Lipinski definition) is 1. The highest BCUT2D eigenvalue weighted by atomic mass is 15.1. The molecule has 11 aromatic rings. The second kappa shape index (κ2) is 12.6. The fourth-order valence-electron chi connectivity index (χ4n) is 10.9. The molecule has 0 N–H and O–H groups in total. The molecule has 1 spiro atoms. The van der Waals surface area contributed by atoms with Crippen molar-refractivity contribution in [2.75, 3.05) is 4.90 Å². The van der Waals surface area contributed by atoms with Gasteiger partial charge < -0.3 is 4.90 Å². The molecule has 1 heteroatoms. The van der Waals surface area contributed by atoms with Crippen LogP contribution in [0.4, 0.5) is 17.1 Å². The molecule has 0 fully saturated rings. The monoisotopic (exact) mass is 759 g/mol. The summed E-state index contributed by atoms with van der Waals surface area (Å²) in [4.78, 5) is 2.47. The average molecular weight is 760 g/mol. The predicted octanol–water partition coefficient (Wildman–Crippen LogP) is 15.8. The minimum absolute atomic E-state index is 0.431. The second-order valence-electron chi connectivity index (χ2n) is 16.4. The summed E-state index contributed by atoms with van der Waals surface area (Å²) in [6.07, 6.45) is 0. The fraction of sp³-hybridized carbons (Fsp3) is 0.0169. The van der Waals surface area contributed by atoms with Gasteiger partial charge in [0.15, 0.2) is 0 Å². The SMILES string of the molecule is c1ccc2c(c1)-c1ccccc1C21c2ccccc2-c2ccc(N(c3ccc(-c4ccc5ccccc5c4)cc3)c3ccc4c5ccccc5c5ccccc5c4c3)cc21. The minimum Gasteiger partial charge on any atom is -0.310 e. The summed E-state index contributed by atoms with van der Waals surface area (Å²) in [5, 5.41) is 10.1. The molecule has 0 radical (unpaired) electrons. The van der Waals surface area contributed by atoms with Gasteiger partial charge in [0.05, 0.1) is 5.41 Å². The van der Waals surface area contributed by atoms with Crippen molar-refractivity contribution >= 4 is 60.2 Å². The first-order valence-electron chi connectivity index (χ1n) is 20.9. The van der Waals surface area contributed by atoms with Crippen molar-refractivity contribution in [1.82, 2.24) is 0 Å². The summed E-state index contributed by atoms with van der Waals surface area (Å²) in [6, 6.07) is 83.7. The van der Waals surface area contributed by atoms with E-state index in [0.29, 0.717) is 0 Å². The molecule has 11 aromatic carbocycles. The van der Waals surface area contributed by atoms with Crippen LogP contribution in [0.5, 0.6) is 0 Å². The van der Waals surface area contributed by atoms with Crippen LogP contribution in [-0.4, -0.2) is 0 Å². The van der Waals surface area contributed by atoms with E-state index in [4.69, 9.17) is 0 Å². The van der Waals surface area contributed by atoms with Gasteiger partial charge in [-0.15, -0.1) is 0 Å². The zero-order chi connectivity index (χ0) is 39.4. The molecule has 0 saturated heterocycles. The van der Waals surface area contributed by atoms with E-state index in [1.54, 1.807) is 0 Å². The van der Waals surface area contributed by atoms with Crippen LogP contribution < -0.4 is 4.90 Å². The van der Waals surface area contributed by atoms with Crippen LogP contribution in [0.25, 0.3) is 76.5 Å².